The van der Waals surface area contributed by atoms with E-state index in [9.17, 15) is 4.79 Å². The van der Waals surface area contributed by atoms with Gasteiger partial charge in [-0.05, 0) is 36.8 Å². The lowest BCUT2D eigenvalue weighted by Crippen LogP contribution is -2.35. The fourth-order valence-corrected chi connectivity index (χ4v) is 2.85. The van der Waals surface area contributed by atoms with E-state index in [2.05, 4.69) is 31.0 Å². The standard InChI is InChI=1S/C12H17NOS.2C2H2/c1-9-7-11(15-8-9)12(14)13-10-5-3-2-4-6-10;2*1-2/h7-8,10H,2-6H2,1H3,(H,13,14);2*1-2H. The first-order valence-electron chi connectivity index (χ1n) is 6.28. The van der Waals surface area contributed by atoms with E-state index in [1.807, 2.05) is 18.4 Å². The maximum absolute atomic E-state index is 11.8. The van der Waals surface area contributed by atoms with Crippen molar-refractivity contribution in [1.29, 1.82) is 0 Å². The lowest BCUT2D eigenvalue weighted by molar-refractivity contribution is 0.0932. The molecule has 0 aromatic carbocycles. The Kier molecular flexibility index (Phi) is 9.31. The molecule has 2 rings (SSSR count). The van der Waals surface area contributed by atoms with Crippen molar-refractivity contribution >= 4 is 17.2 Å². The number of rotatable bonds is 2. The minimum absolute atomic E-state index is 0.111. The summed E-state index contributed by atoms with van der Waals surface area (Å²) in [5.74, 6) is 0.111. The molecular formula is C16H21NOS. The van der Waals surface area contributed by atoms with Gasteiger partial charge in [0.1, 0.15) is 0 Å². The van der Waals surface area contributed by atoms with E-state index in [4.69, 9.17) is 0 Å². The quantitative estimate of drug-likeness (QED) is 0.821. The molecule has 0 unspecified atom stereocenters. The summed E-state index contributed by atoms with van der Waals surface area (Å²) in [6.07, 6.45) is 22.1. The summed E-state index contributed by atoms with van der Waals surface area (Å²) in [6, 6.07) is 2.37. The maximum Gasteiger partial charge on any atom is 0.261 e. The van der Waals surface area contributed by atoms with Crippen LogP contribution in [0, 0.1) is 32.6 Å². The smallest absolute Gasteiger partial charge is 0.261 e. The number of thiophene rings is 1. The van der Waals surface area contributed by atoms with Crippen LogP contribution in [-0.4, -0.2) is 11.9 Å². The molecule has 1 fully saturated rings. The molecule has 1 N–H and O–H groups in total. The van der Waals surface area contributed by atoms with Crippen LogP contribution in [0.15, 0.2) is 11.4 Å². The SMILES string of the molecule is C#C.C#C.Cc1csc(C(=O)NC2CCCCC2)c1. The summed E-state index contributed by atoms with van der Waals surface area (Å²) in [5, 5.41) is 5.14. The van der Waals surface area contributed by atoms with Gasteiger partial charge in [-0.1, -0.05) is 19.3 Å². The zero-order chi connectivity index (χ0) is 14.7. The topological polar surface area (TPSA) is 29.1 Å². The summed E-state index contributed by atoms with van der Waals surface area (Å²) in [6.45, 7) is 2.02. The van der Waals surface area contributed by atoms with Crippen molar-refractivity contribution in [2.45, 2.75) is 45.1 Å². The molecule has 3 heteroatoms. The van der Waals surface area contributed by atoms with Gasteiger partial charge in [-0.3, -0.25) is 4.79 Å². The Hall–Kier alpha value is -1.71. The Bertz CT molecular complexity index is 405. The van der Waals surface area contributed by atoms with Gasteiger partial charge in [0.05, 0.1) is 4.88 Å². The summed E-state index contributed by atoms with van der Waals surface area (Å²) < 4.78 is 0. The van der Waals surface area contributed by atoms with Crippen molar-refractivity contribution in [3.05, 3.63) is 21.9 Å². The summed E-state index contributed by atoms with van der Waals surface area (Å²) in [7, 11) is 0. The third kappa shape index (κ3) is 6.13. The fraction of sp³-hybridized carbons (Fsp3) is 0.438. The minimum Gasteiger partial charge on any atom is -0.349 e. The number of hydrogen-bond acceptors (Lipinski definition) is 2. The first-order chi connectivity index (χ1) is 9.25. The average molecular weight is 275 g/mol. The highest BCUT2D eigenvalue weighted by Gasteiger charge is 2.17. The Morgan fingerprint density at radius 3 is 2.26 bits per heavy atom. The Balaban J connectivity index is 0.000000741. The second kappa shape index (κ2) is 10.2. The van der Waals surface area contributed by atoms with Gasteiger partial charge in [-0.15, -0.1) is 37.0 Å². The molecule has 1 heterocycles. The number of hydrogen-bond donors (Lipinski definition) is 1. The van der Waals surface area contributed by atoms with Crippen LogP contribution in [0.3, 0.4) is 0 Å². The van der Waals surface area contributed by atoms with E-state index in [0.29, 0.717) is 6.04 Å². The number of aryl methyl sites for hydroxylation is 1. The lowest BCUT2D eigenvalue weighted by Gasteiger charge is -2.22. The predicted octanol–water partition coefficient (Wildman–Crippen LogP) is 3.62. The largest absolute Gasteiger partial charge is 0.349 e. The van der Waals surface area contributed by atoms with Crippen molar-refractivity contribution in [2.24, 2.45) is 0 Å². The van der Waals surface area contributed by atoms with Gasteiger partial charge in [-0.25, -0.2) is 0 Å². The predicted molar refractivity (Wildman–Crippen MR) is 83.2 cm³/mol. The highest BCUT2D eigenvalue weighted by molar-refractivity contribution is 7.12. The van der Waals surface area contributed by atoms with E-state index in [1.165, 1.54) is 36.2 Å². The monoisotopic (exact) mass is 275 g/mol. The Labute approximate surface area is 120 Å². The third-order valence-electron chi connectivity index (χ3n) is 2.89. The van der Waals surface area contributed by atoms with E-state index in [1.54, 1.807) is 0 Å². The van der Waals surface area contributed by atoms with Crippen LogP contribution in [0.5, 0.6) is 0 Å². The zero-order valence-corrected chi connectivity index (χ0v) is 12.2. The third-order valence-corrected chi connectivity index (χ3v) is 3.94. The molecule has 1 aromatic heterocycles. The van der Waals surface area contributed by atoms with Crippen LogP contribution in [0.2, 0.25) is 0 Å². The van der Waals surface area contributed by atoms with Crippen LogP contribution < -0.4 is 5.32 Å². The van der Waals surface area contributed by atoms with Crippen molar-refractivity contribution in [1.82, 2.24) is 5.32 Å². The first kappa shape index (κ1) is 17.3. The normalized spacial score (nSPS) is 14.2. The van der Waals surface area contributed by atoms with Crippen molar-refractivity contribution in [2.75, 3.05) is 0 Å². The summed E-state index contributed by atoms with van der Waals surface area (Å²) in [4.78, 5) is 12.7. The Morgan fingerprint density at radius 1 is 1.21 bits per heavy atom. The maximum atomic E-state index is 11.8. The van der Waals surface area contributed by atoms with Gasteiger partial charge in [0.25, 0.3) is 5.91 Å². The number of carbonyl (C=O) groups is 1. The molecule has 0 atom stereocenters. The van der Waals surface area contributed by atoms with Gasteiger partial charge in [0, 0.05) is 6.04 Å². The molecule has 1 aliphatic carbocycles. The van der Waals surface area contributed by atoms with Gasteiger partial charge in [0.15, 0.2) is 0 Å². The second-order valence-electron chi connectivity index (χ2n) is 4.30. The average Bonchev–Trinajstić information content (AvgIpc) is 2.91. The molecule has 1 aliphatic rings. The van der Waals surface area contributed by atoms with E-state index >= 15 is 0 Å². The van der Waals surface area contributed by atoms with Crippen LogP contribution in [-0.2, 0) is 0 Å². The second-order valence-corrected chi connectivity index (χ2v) is 5.21. The van der Waals surface area contributed by atoms with Crippen molar-refractivity contribution < 1.29 is 4.79 Å². The van der Waals surface area contributed by atoms with Crippen molar-refractivity contribution in [3.8, 4) is 25.7 Å². The molecule has 2 nitrogen and oxygen atoms in total. The number of terminal acetylenes is 2. The number of nitrogens with one attached hydrogen (secondary N) is 1. The van der Waals surface area contributed by atoms with Gasteiger partial charge < -0.3 is 5.32 Å². The molecule has 0 bridgehead atoms. The summed E-state index contributed by atoms with van der Waals surface area (Å²) in [5.41, 5.74) is 1.17. The van der Waals surface area contributed by atoms with Gasteiger partial charge in [-0.2, -0.15) is 0 Å². The number of amides is 1. The molecule has 1 aromatic rings. The molecular weight excluding hydrogens is 254 g/mol. The summed E-state index contributed by atoms with van der Waals surface area (Å²) >= 11 is 1.53. The van der Waals surface area contributed by atoms with Crippen LogP contribution in [0.4, 0.5) is 0 Å². The molecule has 0 radical (unpaired) electrons. The van der Waals surface area contributed by atoms with Crippen LogP contribution >= 0.6 is 11.3 Å². The van der Waals surface area contributed by atoms with Gasteiger partial charge >= 0.3 is 0 Å². The molecule has 1 amide bonds. The fourth-order valence-electron chi connectivity index (χ4n) is 2.05. The molecule has 102 valence electrons. The number of carbonyl (C=O) groups excluding carboxylic acids is 1. The van der Waals surface area contributed by atoms with Crippen molar-refractivity contribution in [3.63, 3.8) is 0 Å². The van der Waals surface area contributed by atoms with E-state index in [-0.39, 0.29) is 5.91 Å². The lowest BCUT2D eigenvalue weighted by atomic mass is 9.95. The van der Waals surface area contributed by atoms with Gasteiger partial charge in [0.2, 0.25) is 0 Å². The minimum atomic E-state index is 0.111. The highest BCUT2D eigenvalue weighted by Crippen LogP contribution is 2.19. The Morgan fingerprint density at radius 2 is 1.79 bits per heavy atom. The van der Waals surface area contributed by atoms with Crippen LogP contribution in [0.25, 0.3) is 0 Å². The van der Waals surface area contributed by atoms with E-state index < -0.39 is 0 Å². The molecule has 0 spiro atoms. The highest BCUT2D eigenvalue weighted by atomic mass is 32.1. The molecule has 0 saturated heterocycles. The molecule has 1 saturated carbocycles. The zero-order valence-electron chi connectivity index (χ0n) is 11.4. The first-order valence-corrected chi connectivity index (χ1v) is 7.16. The molecule has 19 heavy (non-hydrogen) atoms. The molecule has 0 aliphatic heterocycles. The van der Waals surface area contributed by atoms with Crippen LogP contribution in [0.1, 0.15) is 47.3 Å². The van der Waals surface area contributed by atoms with E-state index in [0.717, 1.165) is 17.7 Å².